The fraction of sp³-hybridized carbons (Fsp3) is 0.231. The van der Waals surface area contributed by atoms with Crippen LogP contribution in [0.2, 0.25) is 0 Å². The summed E-state index contributed by atoms with van der Waals surface area (Å²) in [5.41, 5.74) is 1.48. The van der Waals surface area contributed by atoms with Crippen LogP contribution in [0.15, 0.2) is 27.6 Å². The topological polar surface area (TPSA) is 55.1 Å². The number of nitrogens with one attached hydrogen (secondary N) is 1. The van der Waals surface area contributed by atoms with Crippen LogP contribution in [-0.2, 0) is 6.54 Å². The van der Waals surface area contributed by atoms with Crippen molar-refractivity contribution in [2.75, 3.05) is 0 Å². The van der Waals surface area contributed by atoms with E-state index in [2.05, 4.69) is 23.1 Å². The zero-order valence-corrected chi connectivity index (χ0v) is 11.4. The fourth-order valence-corrected chi connectivity index (χ4v) is 1.91. The Balaban J connectivity index is 2.12. The molecule has 0 aliphatic heterocycles. The second-order valence-corrected chi connectivity index (χ2v) is 4.67. The first-order valence-electron chi connectivity index (χ1n) is 5.67. The van der Waals surface area contributed by atoms with Crippen LogP contribution >= 0.6 is 12.6 Å². The van der Waals surface area contributed by atoms with Crippen LogP contribution < -0.4 is 5.32 Å². The molecule has 0 unspecified atom stereocenters. The molecule has 0 fully saturated rings. The molecule has 1 amide bonds. The third-order valence-electron chi connectivity index (χ3n) is 2.80. The maximum Gasteiger partial charge on any atom is 0.254 e. The number of halogens is 1. The SMILES string of the molecule is Cc1noc(C)c1CNC(=O)c1cc(S)ccc1F. The normalized spacial score (nSPS) is 10.5. The van der Waals surface area contributed by atoms with Crippen LogP contribution in [0.3, 0.4) is 0 Å². The monoisotopic (exact) mass is 280 g/mol. The lowest BCUT2D eigenvalue weighted by atomic mass is 10.1. The molecular weight excluding hydrogens is 267 g/mol. The highest BCUT2D eigenvalue weighted by Gasteiger charge is 2.14. The van der Waals surface area contributed by atoms with Crippen LogP contribution in [0.1, 0.15) is 27.4 Å². The van der Waals surface area contributed by atoms with Crippen LogP contribution in [0, 0.1) is 19.7 Å². The summed E-state index contributed by atoms with van der Waals surface area (Å²) >= 11 is 4.08. The summed E-state index contributed by atoms with van der Waals surface area (Å²) in [7, 11) is 0. The molecule has 0 atom stereocenters. The summed E-state index contributed by atoms with van der Waals surface area (Å²) in [4.78, 5) is 12.4. The zero-order chi connectivity index (χ0) is 14.0. The van der Waals surface area contributed by atoms with Gasteiger partial charge in [-0.1, -0.05) is 5.16 Å². The fourth-order valence-electron chi connectivity index (χ4n) is 1.71. The van der Waals surface area contributed by atoms with E-state index >= 15 is 0 Å². The number of thiol groups is 1. The Hall–Kier alpha value is -1.82. The smallest absolute Gasteiger partial charge is 0.254 e. The van der Waals surface area contributed by atoms with Gasteiger partial charge in [0.1, 0.15) is 11.6 Å². The molecule has 6 heteroatoms. The van der Waals surface area contributed by atoms with E-state index in [-0.39, 0.29) is 12.1 Å². The van der Waals surface area contributed by atoms with Gasteiger partial charge in [-0.05, 0) is 32.0 Å². The van der Waals surface area contributed by atoms with Gasteiger partial charge < -0.3 is 9.84 Å². The predicted molar refractivity (Wildman–Crippen MR) is 70.8 cm³/mol. The minimum absolute atomic E-state index is 0.0285. The number of carbonyl (C=O) groups excluding carboxylic acids is 1. The van der Waals surface area contributed by atoms with Crippen LogP contribution in [0.5, 0.6) is 0 Å². The van der Waals surface area contributed by atoms with Gasteiger partial charge in [0, 0.05) is 17.0 Å². The van der Waals surface area contributed by atoms with E-state index in [1.54, 1.807) is 13.8 Å². The van der Waals surface area contributed by atoms with Gasteiger partial charge in [-0.3, -0.25) is 4.79 Å². The number of hydrogen-bond donors (Lipinski definition) is 2. The molecule has 0 aliphatic rings. The largest absolute Gasteiger partial charge is 0.361 e. The molecule has 0 bridgehead atoms. The summed E-state index contributed by atoms with van der Waals surface area (Å²) in [6, 6.07) is 4.10. The van der Waals surface area contributed by atoms with Crippen LogP contribution in [0.25, 0.3) is 0 Å². The quantitative estimate of drug-likeness (QED) is 0.850. The standard InChI is InChI=1S/C13H13FN2O2S/c1-7-11(8(2)18-16-7)6-15-13(17)10-5-9(19)3-4-12(10)14/h3-5,19H,6H2,1-2H3,(H,15,17). The van der Waals surface area contributed by atoms with Gasteiger partial charge in [-0.25, -0.2) is 4.39 Å². The summed E-state index contributed by atoms with van der Waals surface area (Å²) < 4.78 is 18.5. The summed E-state index contributed by atoms with van der Waals surface area (Å²) in [5, 5.41) is 6.42. The van der Waals surface area contributed by atoms with Gasteiger partial charge in [0.2, 0.25) is 0 Å². The number of rotatable bonds is 3. The minimum atomic E-state index is -0.575. The molecule has 1 N–H and O–H groups in total. The van der Waals surface area contributed by atoms with Crippen molar-refractivity contribution < 1.29 is 13.7 Å². The van der Waals surface area contributed by atoms with Crippen molar-refractivity contribution in [1.82, 2.24) is 10.5 Å². The molecule has 1 aromatic heterocycles. The van der Waals surface area contributed by atoms with Gasteiger partial charge in [-0.2, -0.15) is 0 Å². The highest BCUT2D eigenvalue weighted by atomic mass is 32.1. The van der Waals surface area contributed by atoms with Gasteiger partial charge in [-0.15, -0.1) is 12.6 Å². The van der Waals surface area contributed by atoms with Crippen molar-refractivity contribution in [3.8, 4) is 0 Å². The minimum Gasteiger partial charge on any atom is -0.361 e. The molecule has 4 nitrogen and oxygen atoms in total. The maximum absolute atomic E-state index is 13.5. The van der Waals surface area contributed by atoms with Crippen molar-refractivity contribution in [1.29, 1.82) is 0 Å². The third-order valence-corrected chi connectivity index (χ3v) is 3.08. The molecule has 1 heterocycles. The van der Waals surface area contributed by atoms with Gasteiger partial charge in [0.15, 0.2) is 0 Å². The van der Waals surface area contributed by atoms with E-state index in [0.29, 0.717) is 16.3 Å². The van der Waals surface area contributed by atoms with E-state index in [1.807, 2.05) is 0 Å². The number of nitrogens with zero attached hydrogens (tertiary/aromatic N) is 1. The van der Waals surface area contributed by atoms with Crippen molar-refractivity contribution in [3.05, 3.63) is 46.6 Å². The maximum atomic E-state index is 13.5. The Morgan fingerprint density at radius 3 is 2.84 bits per heavy atom. The second kappa shape index (κ2) is 5.44. The zero-order valence-electron chi connectivity index (χ0n) is 10.5. The average Bonchev–Trinajstić information content (AvgIpc) is 2.69. The molecule has 0 aliphatic carbocycles. The van der Waals surface area contributed by atoms with Crippen molar-refractivity contribution in [3.63, 3.8) is 0 Å². The van der Waals surface area contributed by atoms with E-state index < -0.39 is 11.7 Å². The molecule has 1 aromatic carbocycles. The number of amides is 1. The Labute approximate surface area is 115 Å². The highest BCUT2D eigenvalue weighted by Crippen LogP contribution is 2.15. The van der Waals surface area contributed by atoms with Crippen molar-refractivity contribution in [2.24, 2.45) is 0 Å². The van der Waals surface area contributed by atoms with E-state index in [0.717, 1.165) is 5.56 Å². The lowest BCUT2D eigenvalue weighted by Gasteiger charge is -2.06. The molecule has 2 rings (SSSR count). The molecule has 0 radical (unpaired) electrons. The number of hydrogen-bond acceptors (Lipinski definition) is 4. The van der Waals surface area contributed by atoms with E-state index in [4.69, 9.17) is 4.52 Å². The van der Waals surface area contributed by atoms with Crippen LogP contribution in [0.4, 0.5) is 4.39 Å². The third kappa shape index (κ3) is 2.96. The molecular formula is C13H13FN2O2S. The van der Waals surface area contributed by atoms with E-state index in [9.17, 15) is 9.18 Å². The van der Waals surface area contributed by atoms with Crippen LogP contribution in [-0.4, -0.2) is 11.1 Å². The number of carbonyl (C=O) groups is 1. The summed E-state index contributed by atoms with van der Waals surface area (Å²) in [5.74, 6) is -0.427. The molecule has 0 saturated heterocycles. The lowest BCUT2D eigenvalue weighted by molar-refractivity contribution is 0.0946. The second-order valence-electron chi connectivity index (χ2n) is 4.15. The lowest BCUT2D eigenvalue weighted by Crippen LogP contribution is -2.24. The first-order valence-corrected chi connectivity index (χ1v) is 6.12. The first kappa shape index (κ1) is 13.6. The number of aryl methyl sites for hydroxylation is 2. The number of benzene rings is 1. The Morgan fingerprint density at radius 2 is 2.21 bits per heavy atom. The first-order chi connectivity index (χ1) is 8.99. The van der Waals surface area contributed by atoms with Crippen molar-refractivity contribution >= 4 is 18.5 Å². The van der Waals surface area contributed by atoms with Gasteiger partial charge >= 0.3 is 0 Å². The average molecular weight is 280 g/mol. The summed E-state index contributed by atoms with van der Waals surface area (Å²) in [6.45, 7) is 3.79. The summed E-state index contributed by atoms with van der Waals surface area (Å²) in [6.07, 6.45) is 0. The van der Waals surface area contributed by atoms with Gasteiger partial charge in [0.25, 0.3) is 5.91 Å². The molecule has 19 heavy (non-hydrogen) atoms. The number of aromatic nitrogens is 1. The van der Waals surface area contributed by atoms with Gasteiger partial charge in [0.05, 0.1) is 11.3 Å². The highest BCUT2D eigenvalue weighted by molar-refractivity contribution is 7.80. The molecule has 2 aromatic rings. The molecule has 0 saturated carbocycles. The molecule has 100 valence electrons. The Bertz CT molecular complexity index is 606. The van der Waals surface area contributed by atoms with E-state index in [1.165, 1.54) is 18.2 Å². The predicted octanol–water partition coefficient (Wildman–Crippen LogP) is 2.65. The molecule has 0 spiro atoms. The van der Waals surface area contributed by atoms with Crippen molar-refractivity contribution in [2.45, 2.75) is 25.3 Å². The Kier molecular flexibility index (Phi) is 3.90. The Morgan fingerprint density at radius 1 is 1.47 bits per heavy atom.